The van der Waals surface area contributed by atoms with Crippen molar-refractivity contribution in [1.29, 1.82) is 0 Å². The van der Waals surface area contributed by atoms with Gasteiger partial charge in [-0.3, -0.25) is 4.79 Å². The third kappa shape index (κ3) is 3.29. The Balaban J connectivity index is 2.40. The summed E-state index contributed by atoms with van der Waals surface area (Å²) in [7, 11) is 1.87. The van der Waals surface area contributed by atoms with Gasteiger partial charge < -0.3 is 9.64 Å². The number of nitrogens with zero attached hydrogens (tertiary/aromatic N) is 1. The molecule has 14 heavy (non-hydrogen) atoms. The minimum atomic E-state index is -0.110. The summed E-state index contributed by atoms with van der Waals surface area (Å²) in [5, 5.41) is 0. The van der Waals surface area contributed by atoms with E-state index in [0.29, 0.717) is 13.0 Å². The normalized spacial score (nSPS) is 24.1. The van der Waals surface area contributed by atoms with Crippen molar-refractivity contribution >= 4 is 5.91 Å². The van der Waals surface area contributed by atoms with E-state index in [0.717, 1.165) is 12.8 Å². The Morgan fingerprint density at radius 1 is 1.50 bits per heavy atom. The Bertz CT molecular complexity index is 208. The largest absolute Gasteiger partial charge is 0.374 e. The van der Waals surface area contributed by atoms with Crippen LogP contribution in [0.1, 0.15) is 40.0 Å². The van der Waals surface area contributed by atoms with Crippen molar-refractivity contribution in [2.75, 3.05) is 13.7 Å². The first-order chi connectivity index (χ1) is 6.40. The van der Waals surface area contributed by atoms with Crippen LogP contribution in [0.5, 0.6) is 0 Å². The molecule has 3 nitrogen and oxygen atoms in total. The van der Waals surface area contributed by atoms with Gasteiger partial charge in [-0.05, 0) is 33.6 Å². The van der Waals surface area contributed by atoms with Gasteiger partial charge in [0.05, 0.1) is 18.2 Å². The minimum Gasteiger partial charge on any atom is -0.374 e. The number of hydrogen-bond donors (Lipinski definition) is 0. The number of ether oxygens (including phenoxy) is 1. The summed E-state index contributed by atoms with van der Waals surface area (Å²) < 4.78 is 5.69. The summed E-state index contributed by atoms with van der Waals surface area (Å²) in [5.41, 5.74) is -0.110. The van der Waals surface area contributed by atoms with Crippen molar-refractivity contribution in [2.45, 2.75) is 51.7 Å². The van der Waals surface area contributed by atoms with Gasteiger partial charge in [0.25, 0.3) is 0 Å². The van der Waals surface area contributed by atoms with Crippen LogP contribution in [0, 0.1) is 0 Å². The maximum Gasteiger partial charge on any atom is 0.222 e. The van der Waals surface area contributed by atoms with E-state index in [9.17, 15) is 4.79 Å². The number of carbonyl (C=O) groups is 1. The molecule has 0 bridgehead atoms. The highest BCUT2D eigenvalue weighted by Gasteiger charge is 2.26. The average Bonchev–Trinajstić information content (AvgIpc) is 2.06. The first kappa shape index (κ1) is 11.5. The smallest absolute Gasteiger partial charge is 0.222 e. The van der Waals surface area contributed by atoms with Crippen LogP contribution in [-0.4, -0.2) is 36.1 Å². The van der Waals surface area contributed by atoms with Gasteiger partial charge >= 0.3 is 0 Å². The number of hydrogen-bond acceptors (Lipinski definition) is 2. The summed E-state index contributed by atoms with van der Waals surface area (Å²) in [4.78, 5) is 13.2. The standard InChI is InChI=1S/C11H21NO2/c1-11(2,3)14-8-9-6-5-7-10(13)12(9)4/h9H,5-8H2,1-4H3. The first-order valence-corrected chi connectivity index (χ1v) is 5.30. The Labute approximate surface area is 86.4 Å². The number of rotatable bonds is 2. The molecule has 1 unspecified atom stereocenters. The highest BCUT2D eigenvalue weighted by molar-refractivity contribution is 5.76. The predicted octanol–water partition coefficient (Wildman–Crippen LogP) is 1.81. The van der Waals surface area contributed by atoms with Crippen molar-refractivity contribution in [3.63, 3.8) is 0 Å². The maximum atomic E-state index is 11.4. The third-order valence-corrected chi connectivity index (χ3v) is 2.58. The van der Waals surface area contributed by atoms with Gasteiger partial charge in [-0.25, -0.2) is 0 Å². The second kappa shape index (κ2) is 4.30. The summed E-state index contributed by atoms with van der Waals surface area (Å²) in [5.74, 6) is 0.249. The van der Waals surface area contributed by atoms with Gasteiger partial charge in [0.2, 0.25) is 5.91 Å². The summed E-state index contributed by atoms with van der Waals surface area (Å²) >= 11 is 0. The molecule has 1 fully saturated rings. The van der Waals surface area contributed by atoms with Crippen molar-refractivity contribution in [1.82, 2.24) is 4.90 Å². The molecule has 82 valence electrons. The summed E-state index contributed by atoms with van der Waals surface area (Å²) in [6, 6.07) is 0.274. The van der Waals surface area contributed by atoms with Crippen molar-refractivity contribution in [3.8, 4) is 0 Å². The van der Waals surface area contributed by atoms with E-state index >= 15 is 0 Å². The second-order valence-corrected chi connectivity index (χ2v) is 4.97. The molecule has 1 aliphatic rings. The zero-order chi connectivity index (χ0) is 10.8. The molecule has 0 N–H and O–H groups in total. The Hall–Kier alpha value is -0.570. The monoisotopic (exact) mass is 199 g/mol. The van der Waals surface area contributed by atoms with Crippen molar-refractivity contribution in [3.05, 3.63) is 0 Å². The van der Waals surface area contributed by atoms with Gasteiger partial charge in [-0.2, -0.15) is 0 Å². The fourth-order valence-electron chi connectivity index (χ4n) is 1.60. The van der Waals surface area contributed by atoms with E-state index in [1.807, 2.05) is 32.7 Å². The van der Waals surface area contributed by atoms with Crippen LogP contribution in [0.4, 0.5) is 0 Å². The number of likely N-dealkylation sites (N-methyl/N-ethyl adjacent to an activating group) is 1. The van der Waals surface area contributed by atoms with Crippen LogP contribution < -0.4 is 0 Å². The number of carbonyl (C=O) groups excluding carboxylic acids is 1. The van der Waals surface area contributed by atoms with E-state index in [1.165, 1.54) is 0 Å². The van der Waals surface area contributed by atoms with Gasteiger partial charge in [0, 0.05) is 13.5 Å². The minimum absolute atomic E-state index is 0.110. The van der Waals surface area contributed by atoms with Crippen molar-refractivity contribution < 1.29 is 9.53 Å². The molecule has 1 atom stereocenters. The Kier molecular flexibility index (Phi) is 3.53. The van der Waals surface area contributed by atoms with Crippen LogP contribution >= 0.6 is 0 Å². The molecule has 0 aromatic heterocycles. The molecule has 3 heteroatoms. The molecule has 0 radical (unpaired) electrons. The molecule has 1 amide bonds. The maximum absolute atomic E-state index is 11.4. The Morgan fingerprint density at radius 3 is 2.71 bits per heavy atom. The van der Waals surface area contributed by atoms with Crippen LogP contribution in [-0.2, 0) is 9.53 Å². The van der Waals surface area contributed by atoms with Gasteiger partial charge in [-0.15, -0.1) is 0 Å². The SMILES string of the molecule is CN1C(=O)CCCC1COC(C)(C)C. The molecule has 0 spiro atoms. The molecular formula is C11H21NO2. The number of likely N-dealkylation sites (tertiary alicyclic amines) is 1. The topological polar surface area (TPSA) is 29.5 Å². The van der Waals surface area contributed by atoms with Gasteiger partial charge in [0.15, 0.2) is 0 Å². The lowest BCUT2D eigenvalue weighted by Gasteiger charge is -2.34. The van der Waals surface area contributed by atoms with E-state index in [4.69, 9.17) is 4.74 Å². The van der Waals surface area contributed by atoms with E-state index in [-0.39, 0.29) is 17.6 Å². The predicted molar refractivity (Wildman–Crippen MR) is 56.1 cm³/mol. The average molecular weight is 199 g/mol. The molecule has 1 aliphatic heterocycles. The summed E-state index contributed by atoms with van der Waals surface area (Å²) in [6.07, 6.45) is 2.77. The van der Waals surface area contributed by atoms with Gasteiger partial charge in [0.1, 0.15) is 0 Å². The lowest BCUT2D eigenvalue weighted by Crippen LogP contribution is -2.44. The van der Waals surface area contributed by atoms with E-state index < -0.39 is 0 Å². The highest BCUT2D eigenvalue weighted by Crippen LogP contribution is 2.18. The quantitative estimate of drug-likeness (QED) is 0.679. The Morgan fingerprint density at radius 2 is 2.14 bits per heavy atom. The lowest BCUT2D eigenvalue weighted by molar-refractivity contribution is -0.138. The van der Waals surface area contributed by atoms with Crippen molar-refractivity contribution in [2.24, 2.45) is 0 Å². The molecule has 0 aromatic carbocycles. The molecule has 0 aliphatic carbocycles. The van der Waals surface area contributed by atoms with Crippen LogP contribution in [0.3, 0.4) is 0 Å². The molecule has 1 heterocycles. The molecule has 1 saturated heterocycles. The van der Waals surface area contributed by atoms with Gasteiger partial charge in [-0.1, -0.05) is 0 Å². The highest BCUT2D eigenvalue weighted by atomic mass is 16.5. The van der Waals surface area contributed by atoms with E-state index in [2.05, 4.69) is 0 Å². The zero-order valence-electron chi connectivity index (χ0n) is 9.67. The van der Waals surface area contributed by atoms with Crippen LogP contribution in [0.15, 0.2) is 0 Å². The third-order valence-electron chi connectivity index (χ3n) is 2.58. The molecule has 0 saturated carbocycles. The fraction of sp³-hybridized carbons (Fsp3) is 0.909. The zero-order valence-corrected chi connectivity index (χ0v) is 9.67. The lowest BCUT2D eigenvalue weighted by atomic mass is 10.0. The molecular weight excluding hydrogens is 178 g/mol. The van der Waals surface area contributed by atoms with Crippen LogP contribution in [0.25, 0.3) is 0 Å². The molecule has 0 aromatic rings. The van der Waals surface area contributed by atoms with Crippen LogP contribution in [0.2, 0.25) is 0 Å². The second-order valence-electron chi connectivity index (χ2n) is 4.97. The van der Waals surface area contributed by atoms with E-state index in [1.54, 1.807) is 0 Å². The number of piperidine rings is 1. The number of amides is 1. The first-order valence-electron chi connectivity index (χ1n) is 5.30. The summed E-state index contributed by atoms with van der Waals surface area (Å²) in [6.45, 7) is 6.78. The molecule has 1 rings (SSSR count). The fourth-order valence-corrected chi connectivity index (χ4v) is 1.60.